The summed E-state index contributed by atoms with van der Waals surface area (Å²) in [4.78, 5) is 22.1. The van der Waals surface area contributed by atoms with Gasteiger partial charge in [-0.3, -0.25) is 13.8 Å². The summed E-state index contributed by atoms with van der Waals surface area (Å²) in [6, 6.07) is 0. The first kappa shape index (κ1) is 36.5. The predicted molar refractivity (Wildman–Crippen MR) is 151 cm³/mol. The Morgan fingerprint density at radius 2 is 1.19 bits per heavy atom. The van der Waals surface area contributed by atoms with Crippen LogP contribution >= 0.6 is 7.82 Å². The lowest BCUT2D eigenvalue weighted by Gasteiger charge is -2.20. The highest BCUT2D eigenvalue weighted by atomic mass is 31.2. The molecule has 0 fully saturated rings. The molecule has 2 atom stereocenters. The zero-order chi connectivity index (χ0) is 27.5. The summed E-state index contributed by atoms with van der Waals surface area (Å²) < 4.78 is 32.9. The number of hydrogen-bond acceptors (Lipinski definition) is 7. The molecule has 0 bridgehead atoms. The van der Waals surface area contributed by atoms with E-state index in [1.807, 2.05) is 0 Å². The van der Waals surface area contributed by atoms with Crippen molar-refractivity contribution < 1.29 is 32.8 Å². The lowest BCUT2D eigenvalue weighted by Crippen LogP contribution is -2.28. The number of phosphoric ester groups is 1. The molecular weight excluding hydrogens is 493 g/mol. The van der Waals surface area contributed by atoms with Crippen LogP contribution < -0.4 is 5.73 Å². The van der Waals surface area contributed by atoms with Gasteiger partial charge in [0.25, 0.3) is 0 Å². The maximum atomic E-state index is 12.4. The first-order chi connectivity index (χ1) is 17.9. The van der Waals surface area contributed by atoms with Crippen molar-refractivity contribution in [3.63, 3.8) is 0 Å². The molecule has 0 rings (SSSR count). The van der Waals surface area contributed by atoms with Crippen LogP contribution in [-0.2, 0) is 27.9 Å². The van der Waals surface area contributed by atoms with E-state index in [0.717, 1.165) is 32.1 Å². The second kappa shape index (κ2) is 27.1. The number of nitrogens with two attached hydrogens (primary N) is 1. The molecule has 0 saturated heterocycles. The van der Waals surface area contributed by atoms with Gasteiger partial charge in [-0.15, -0.1) is 0 Å². The van der Waals surface area contributed by atoms with Crippen LogP contribution in [-0.4, -0.2) is 49.9 Å². The van der Waals surface area contributed by atoms with Crippen LogP contribution in [0.4, 0.5) is 0 Å². The average Bonchev–Trinajstić information content (AvgIpc) is 2.88. The van der Waals surface area contributed by atoms with Crippen LogP contribution in [0.5, 0.6) is 0 Å². The van der Waals surface area contributed by atoms with Crippen molar-refractivity contribution in [1.29, 1.82) is 0 Å². The van der Waals surface area contributed by atoms with Crippen LogP contribution in [0, 0.1) is 0 Å². The van der Waals surface area contributed by atoms with Gasteiger partial charge in [-0.25, -0.2) is 4.57 Å². The van der Waals surface area contributed by atoms with Gasteiger partial charge in [-0.2, -0.15) is 0 Å². The quantitative estimate of drug-likeness (QED) is 0.0559. The minimum absolute atomic E-state index is 0.0915. The van der Waals surface area contributed by atoms with Gasteiger partial charge < -0.3 is 20.1 Å². The molecule has 2 unspecified atom stereocenters. The minimum Gasteiger partial charge on any atom is -0.457 e. The smallest absolute Gasteiger partial charge is 0.457 e. The number of rotatable bonds is 29. The van der Waals surface area contributed by atoms with E-state index in [9.17, 15) is 14.3 Å². The summed E-state index contributed by atoms with van der Waals surface area (Å²) >= 11 is 0. The van der Waals surface area contributed by atoms with Gasteiger partial charge in [-0.05, 0) is 12.8 Å². The van der Waals surface area contributed by atoms with Crippen LogP contribution in [0.15, 0.2) is 0 Å². The number of ether oxygens (including phenoxy) is 2. The molecule has 9 heteroatoms. The molecule has 0 aromatic rings. The summed E-state index contributed by atoms with van der Waals surface area (Å²) in [5, 5.41) is 0. The molecule has 0 heterocycles. The standard InChI is InChI=1S/C28H58NO7P/c1-3-5-7-9-11-12-13-14-15-16-17-19-21-28(30)36-27(26-35-37(31,32)34-24-22-29)25-33-23-20-18-10-8-6-4-2/h27H,3-26,29H2,1-2H3,(H,31,32). The molecular formula is C28H58NO7P. The monoisotopic (exact) mass is 551 g/mol. The molecule has 8 nitrogen and oxygen atoms in total. The van der Waals surface area contributed by atoms with Crippen molar-refractivity contribution in [2.45, 2.75) is 142 Å². The normalized spacial score (nSPS) is 13.9. The molecule has 0 radical (unpaired) electrons. The van der Waals surface area contributed by atoms with Gasteiger partial charge in [0.1, 0.15) is 6.10 Å². The van der Waals surface area contributed by atoms with Crippen molar-refractivity contribution in [3.8, 4) is 0 Å². The SMILES string of the molecule is CCCCCCCCCCCCCCC(=O)OC(COCCCCCCCC)COP(=O)(O)OCCN. The third-order valence-corrected chi connectivity index (χ3v) is 7.26. The van der Waals surface area contributed by atoms with E-state index in [1.165, 1.54) is 83.5 Å². The number of unbranched alkanes of at least 4 members (excludes halogenated alkanes) is 16. The highest BCUT2D eigenvalue weighted by molar-refractivity contribution is 7.47. The summed E-state index contributed by atoms with van der Waals surface area (Å²) in [6.45, 7) is 4.86. The molecule has 0 aromatic carbocycles. The lowest BCUT2D eigenvalue weighted by molar-refractivity contribution is -0.154. The van der Waals surface area contributed by atoms with Gasteiger partial charge in [-0.1, -0.05) is 117 Å². The van der Waals surface area contributed by atoms with E-state index in [4.69, 9.17) is 24.3 Å². The Labute approximate surface area is 227 Å². The van der Waals surface area contributed by atoms with E-state index in [-0.39, 0.29) is 32.3 Å². The second-order valence-electron chi connectivity index (χ2n) is 9.98. The Morgan fingerprint density at radius 1 is 0.703 bits per heavy atom. The van der Waals surface area contributed by atoms with E-state index < -0.39 is 13.9 Å². The molecule has 0 saturated carbocycles. The summed E-state index contributed by atoms with van der Waals surface area (Å²) in [5.74, 6) is -0.334. The molecule has 37 heavy (non-hydrogen) atoms. The average molecular weight is 552 g/mol. The first-order valence-electron chi connectivity index (χ1n) is 15.0. The van der Waals surface area contributed by atoms with Crippen LogP contribution in [0.2, 0.25) is 0 Å². The van der Waals surface area contributed by atoms with Crippen molar-refractivity contribution in [3.05, 3.63) is 0 Å². The Hall–Kier alpha value is -0.500. The van der Waals surface area contributed by atoms with Gasteiger partial charge >= 0.3 is 13.8 Å². The number of hydrogen-bond donors (Lipinski definition) is 2. The Morgan fingerprint density at radius 3 is 1.70 bits per heavy atom. The third kappa shape index (κ3) is 26.9. The Balaban J connectivity index is 4.12. The van der Waals surface area contributed by atoms with Crippen LogP contribution in [0.25, 0.3) is 0 Å². The fourth-order valence-corrected chi connectivity index (χ4v) is 4.82. The van der Waals surface area contributed by atoms with Gasteiger partial charge in [0.15, 0.2) is 0 Å². The van der Waals surface area contributed by atoms with Crippen molar-refractivity contribution in [2.24, 2.45) is 5.73 Å². The molecule has 222 valence electrons. The van der Waals surface area contributed by atoms with Gasteiger partial charge in [0.05, 0.1) is 19.8 Å². The summed E-state index contributed by atoms with van der Waals surface area (Å²) in [6.07, 6.45) is 21.2. The third-order valence-electron chi connectivity index (χ3n) is 6.27. The number of phosphoric acid groups is 1. The first-order valence-corrected chi connectivity index (χ1v) is 16.5. The predicted octanol–water partition coefficient (Wildman–Crippen LogP) is 7.46. The van der Waals surface area contributed by atoms with Crippen molar-refractivity contribution >= 4 is 13.8 Å². The molecule has 3 N–H and O–H groups in total. The minimum atomic E-state index is -4.24. The number of carbonyl (C=O) groups is 1. The van der Waals surface area contributed by atoms with Crippen LogP contribution in [0.3, 0.4) is 0 Å². The highest BCUT2D eigenvalue weighted by Gasteiger charge is 2.25. The van der Waals surface area contributed by atoms with E-state index >= 15 is 0 Å². The van der Waals surface area contributed by atoms with E-state index in [0.29, 0.717) is 13.0 Å². The van der Waals surface area contributed by atoms with Crippen LogP contribution in [0.1, 0.15) is 136 Å². The largest absolute Gasteiger partial charge is 0.472 e. The zero-order valence-electron chi connectivity index (χ0n) is 24.0. The van der Waals surface area contributed by atoms with E-state index in [2.05, 4.69) is 13.8 Å². The van der Waals surface area contributed by atoms with E-state index in [1.54, 1.807) is 0 Å². The maximum absolute atomic E-state index is 12.4. The Bertz CT molecular complexity index is 551. The molecule has 0 aromatic heterocycles. The number of esters is 1. The fraction of sp³-hybridized carbons (Fsp3) is 0.964. The lowest BCUT2D eigenvalue weighted by atomic mass is 10.0. The molecule has 0 aliphatic rings. The van der Waals surface area contributed by atoms with Gasteiger partial charge in [0.2, 0.25) is 0 Å². The summed E-state index contributed by atoms with van der Waals surface area (Å²) in [7, 11) is -4.24. The highest BCUT2D eigenvalue weighted by Crippen LogP contribution is 2.43. The summed E-state index contributed by atoms with van der Waals surface area (Å²) in [5.41, 5.74) is 5.31. The zero-order valence-corrected chi connectivity index (χ0v) is 24.9. The molecule has 0 amide bonds. The maximum Gasteiger partial charge on any atom is 0.472 e. The molecule has 0 spiro atoms. The molecule has 0 aliphatic heterocycles. The second-order valence-corrected chi connectivity index (χ2v) is 11.4. The Kier molecular flexibility index (Phi) is 26.7. The van der Waals surface area contributed by atoms with Crippen molar-refractivity contribution in [2.75, 3.05) is 33.0 Å². The number of carbonyl (C=O) groups excluding carboxylic acids is 1. The molecule has 0 aliphatic carbocycles. The van der Waals surface area contributed by atoms with Gasteiger partial charge in [0, 0.05) is 19.6 Å². The van der Waals surface area contributed by atoms with Crippen molar-refractivity contribution in [1.82, 2.24) is 0 Å². The topological polar surface area (TPSA) is 117 Å². The fourth-order valence-electron chi connectivity index (χ4n) is 4.05.